The van der Waals surface area contributed by atoms with Crippen LogP contribution in [0.25, 0.3) is 22.1 Å². The van der Waals surface area contributed by atoms with Crippen molar-refractivity contribution in [1.29, 1.82) is 0 Å². The van der Waals surface area contributed by atoms with Gasteiger partial charge in [0, 0.05) is 17.0 Å². The maximum atomic E-state index is 12.7. The fraction of sp³-hybridized carbons (Fsp3) is 0.273. The normalized spacial score (nSPS) is 10.9. The molecule has 0 atom stereocenters. The van der Waals surface area contributed by atoms with Crippen LogP contribution in [-0.2, 0) is 4.79 Å². The molecule has 2 aromatic carbocycles. The van der Waals surface area contributed by atoms with Crippen LogP contribution in [0.4, 0.5) is 0 Å². The summed E-state index contributed by atoms with van der Waals surface area (Å²) in [7, 11) is 3.09. The maximum absolute atomic E-state index is 12.7. The zero-order valence-electron chi connectivity index (χ0n) is 16.5. The van der Waals surface area contributed by atoms with Gasteiger partial charge in [0.05, 0.1) is 25.7 Å². The number of rotatable bonds is 5. The summed E-state index contributed by atoms with van der Waals surface area (Å²) >= 11 is 0. The summed E-state index contributed by atoms with van der Waals surface area (Å²) in [5.41, 5.74) is 1.64. The highest BCUT2D eigenvalue weighted by atomic mass is 16.5. The van der Waals surface area contributed by atoms with Crippen LogP contribution in [0.2, 0.25) is 0 Å². The predicted molar refractivity (Wildman–Crippen MR) is 106 cm³/mol. The van der Waals surface area contributed by atoms with Crippen LogP contribution >= 0.6 is 0 Å². The molecule has 146 valence electrons. The van der Waals surface area contributed by atoms with Gasteiger partial charge in [0.15, 0.2) is 0 Å². The van der Waals surface area contributed by atoms with E-state index in [-0.39, 0.29) is 11.9 Å². The molecular weight excluding hydrogens is 360 g/mol. The first-order chi connectivity index (χ1) is 13.3. The van der Waals surface area contributed by atoms with Crippen LogP contribution in [-0.4, -0.2) is 20.2 Å². The Hall–Kier alpha value is -3.28. The molecule has 3 rings (SSSR count). The summed E-state index contributed by atoms with van der Waals surface area (Å²) in [6, 6.07) is 10.2. The van der Waals surface area contributed by atoms with Gasteiger partial charge in [0.25, 0.3) is 0 Å². The minimum atomic E-state index is -0.472. The first-order valence-corrected chi connectivity index (χ1v) is 8.87. The molecule has 0 N–H and O–H groups in total. The van der Waals surface area contributed by atoms with Crippen molar-refractivity contribution in [2.75, 3.05) is 14.2 Å². The van der Waals surface area contributed by atoms with Crippen LogP contribution in [0.1, 0.15) is 19.4 Å². The third-order valence-electron chi connectivity index (χ3n) is 4.50. The molecule has 28 heavy (non-hydrogen) atoms. The molecule has 0 aliphatic carbocycles. The average molecular weight is 382 g/mol. The Morgan fingerprint density at radius 2 is 1.71 bits per heavy atom. The minimum Gasteiger partial charge on any atom is -0.497 e. The second kappa shape index (κ2) is 7.76. The first-order valence-electron chi connectivity index (χ1n) is 8.87. The molecule has 1 aromatic heterocycles. The largest absolute Gasteiger partial charge is 0.497 e. The van der Waals surface area contributed by atoms with Gasteiger partial charge in [-0.3, -0.25) is 4.79 Å². The van der Waals surface area contributed by atoms with E-state index in [1.54, 1.807) is 57.4 Å². The van der Waals surface area contributed by atoms with E-state index in [9.17, 15) is 9.59 Å². The van der Waals surface area contributed by atoms with Crippen molar-refractivity contribution >= 4 is 16.9 Å². The van der Waals surface area contributed by atoms with Crippen LogP contribution in [0, 0.1) is 12.8 Å². The smallest absolute Gasteiger partial charge is 0.344 e. The van der Waals surface area contributed by atoms with Gasteiger partial charge in [0.1, 0.15) is 22.8 Å². The van der Waals surface area contributed by atoms with E-state index in [2.05, 4.69) is 0 Å². The number of carbonyl (C=O) groups excluding carboxylic acids is 1. The molecule has 0 spiro atoms. The molecule has 0 bridgehead atoms. The molecule has 0 aliphatic rings. The van der Waals surface area contributed by atoms with E-state index in [0.717, 1.165) is 0 Å². The van der Waals surface area contributed by atoms with Crippen LogP contribution in [0.5, 0.6) is 17.2 Å². The summed E-state index contributed by atoms with van der Waals surface area (Å²) < 4.78 is 21.6. The van der Waals surface area contributed by atoms with Crippen LogP contribution < -0.4 is 19.8 Å². The number of fused-ring (bicyclic) bond motifs is 1. The number of benzene rings is 2. The van der Waals surface area contributed by atoms with Crippen molar-refractivity contribution in [2.45, 2.75) is 20.8 Å². The third kappa shape index (κ3) is 3.58. The van der Waals surface area contributed by atoms with Crippen molar-refractivity contribution in [3.05, 3.63) is 52.4 Å². The van der Waals surface area contributed by atoms with Gasteiger partial charge in [-0.1, -0.05) is 13.8 Å². The lowest BCUT2D eigenvalue weighted by molar-refractivity contribution is -0.137. The molecule has 3 aromatic rings. The van der Waals surface area contributed by atoms with Gasteiger partial charge in [-0.15, -0.1) is 0 Å². The van der Waals surface area contributed by atoms with Gasteiger partial charge >= 0.3 is 11.6 Å². The molecule has 0 saturated heterocycles. The summed E-state index contributed by atoms with van der Waals surface area (Å²) in [5.74, 6) is 0.939. The zero-order valence-corrected chi connectivity index (χ0v) is 16.5. The number of hydrogen-bond donors (Lipinski definition) is 0. The standard InChI is InChI=1S/C22H22O6/c1-12(2)21(23)27-15-7-9-18-17(10-15)13(3)20(22(24)28-18)16-8-6-14(25-4)11-19(16)26-5/h6-12H,1-5H3. The topological polar surface area (TPSA) is 75.0 Å². The third-order valence-corrected chi connectivity index (χ3v) is 4.50. The molecule has 0 radical (unpaired) electrons. The van der Waals surface area contributed by atoms with Gasteiger partial charge < -0.3 is 18.6 Å². The van der Waals surface area contributed by atoms with Crippen molar-refractivity contribution in [1.82, 2.24) is 0 Å². The summed E-state index contributed by atoms with van der Waals surface area (Å²) in [5, 5.41) is 0.682. The van der Waals surface area contributed by atoms with Crippen molar-refractivity contribution in [2.24, 2.45) is 5.92 Å². The predicted octanol–water partition coefficient (Wildman–Crippen LogP) is 4.35. The Labute approximate surface area is 162 Å². The molecule has 1 heterocycles. The Bertz CT molecular complexity index is 1090. The van der Waals surface area contributed by atoms with Gasteiger partial charge in [-0.25, -0.2) is 4.79 Å². The number of hydrogen-bond acceptors (Lipinski definition) is 6. The van der Waals surface area contributed by atoms with Crippen molar-refractivity contribution in [3.63, 3.8) is 0 Å². The van der Waals surface area contributed by atoms with Crippen LogP contribution in [0.3, 0.4) is 0 Å². The Morgan fingerprint density at radius 3 is 2.36 bits per heavy atom. The number of methoxy groups -OCH3 is 2. The molecule has 0 amide bonds. The van der Waals surface area contributed by atoms with E-state index >= 15 is 0 Å². The van der Waals surface area contributed by atoms with Crippen molar-refractivity contribution in [3.8, 4) is 28.4 Å². The van der Waals surface area contributed by atoms with Gasteiger partial charge in [-0.05, 0) is 42.8 Å². The number of esters is 1. The minimum absolute atomic E-state index is 0.246. The average Bonchev–Trinajstić information content (AvgIpc) is 2.68. The van der Waals surface area contributed by atoms with E-state index in [0.29, 0.717) is 44.9 Å². The lowest BCUT2D eigenvalue weighted by Gasteiger charge is -2.13. The van der Waals surface area contributed by atoms with Gasteiger partial charge in [-0.2, -0.15) is 0 Å². The van der Waals surface area contributed by atoms with Gasteiger partial charge in [0.2, 0.25) is 0 Å². The molecular formula is C22H22O6. The lowest BCUT2D eigenvalue weighted by Crippen LogP contribution is -2.14. The fourth-order valence-electron chi connectivity index (χ4n) is 2.94. The summed E-state index contributed by atoms with van der Waals surface area (Å²) in [6.07, 6.45) is 0. The SMILES string of the molecule is COc1ccc(-c2c(C)c3cc(OC(=O)C(C)C)ccc3oc2=O)c(OC)c1. The fourth-order valence-corrected chi connectivity index (χ4v) is 2.94. The molecule has 0 aliphatic heterocycles. The number of aryl methyl sites for hydroxylation is 1. The molecule has 6 nitrogen and oxygen atoms in total. The summed E-state index contributed by atoms with van der Waals surface area (Å²) in [4.78, 5) is 24.6. The highest BCUT2D eigenvalue weighted by Gasteiger charge is 2.19. The second-order valence-corrected chi connectivity index (χ2v) is 6.69. The maximum Gasteiger partial charge on any atom is 0.344 e. The zero-order chi connectivity index (χ0) is 20.4. The van der Waals surface area contributed by atoms with E-state index in [1.165, 1.54) is 7.11 Å². The van der Waals surface area contributed by atoms with Crippen molar-refractivity contribution < 1.29 is 23.4 Å². The van der Waals surface area contributed by atoms with E-state index in [4.69, 9.17) is 18.6 Å². The Balaban J connectivity index is 2.19. The van der Waals surface area contributed by atoms with E-state index in [1.807, 2.05) is 6.92 Å². The first kappa shape index (κ1) is 19.5. The molecule has 0 saturated carbocycles. The quantitative estimate of drug-likeness (QED) is 0.371. The highest BCUT2D eigenvalue weighted by Crippen LogP contribution is 2.36. The Kier molecular flexibility index (Phi) is 5.40. The second-order valence-electron chi connectivity index (χ2n) is 6.69. The number of ether oxygens (including phenoxy) is 3. The molecule has 6 heteroatoms. The van der Waals surface area contributed by atoms with Crippen LogP contribution in [0.15, 0.2) is 45.6 Å². The number of carbonyl (C=O) groups is 1. The molecule has 0 unspecified atom stereocenters. The monoisotopic (exact) mass is 382 g/mol. The van der Waals surface area contributed by atoms with E-state index < -0.39 is 5.63 Å². The molecule has 0 fully saturated rings. The summed E-state index contributed by atoms with van der Waals surface area (Å²) in [6.45, 7) is 5.36. The highest BCUT2D eigenvalue weighted by molar-refractivity contribution is 5.89. The lowest BCUT2D eigenvalue weighted by atomic mass is 9.98. The Morgan fingerprint density at radius 1 is 1.00 bits per heavy atom.